The van der Waals surface area contributed by atoms with Crippen molar-refractivity contribution < 1.29 is 4.42 Å². The molecule has 9 aromatic rings. The van der Waals surface area contributed by atoms with Gasteiger partial charge in [-0.05, 0) is 175 Å². The van der Waals surface area contributed by atoms with E-state index in [2.05, 4.69) is 279 Å². The van der Waals surface area contributed by atoms with Gasteiger partial charge in [0.2, 0.25) is 0 Å². The maximum absolute atomic E-state index is 6.54. The molecule has 0 saturated carbocycles. The summed E-state index contributed by atoms with van der Waals surface area (Å²) in [6, 6.07) is 58.1. The molecule has 69 heavy (non-hydrogen) atoms. The third-order valence-corrected chi connectivity index (χ3v) is 16.3. The van der Waals surface area contributed by atoms with Crippen molar-refractivity contribution >= 4 is 104 Å². The van der Waals surface area contributed by atoms with E-state index in [0.717, 1.165) is 80.6 Å². The van der Waals surface area contributed by atoms with Crippen LogP contribution in [0.1, 0.15) is 104 Å². The second-order valence-corrected chi connectivity index (χ2v) is 24.8. The fraction of sp³-hybridized carbons (Fsp3) is 0.238. The van der Waals surface area contributed by atoms with Gasteiger partial charge in [-0.3, -0.25) is 0 Å². The van der Waals surface area contributed by atoms with Gasteiger partial charge in [0.05, 0.1) is 27.2 Å². The van der Waals surface area contributed by atoms with Crippen LogP contribution in [-0.2, 0) is 21.7 Å². The molecule has 1 heterocycles. The molecule has 0 bridgehead atoms. The van der Waals surface area contributed by atoms with Crippen LogP contribution in [0.25, 0.3) is 44.2 Å². The molecule has 0 fully saturated rings. The second kappa shape index (κ2) is 17.2. The van der Waals surface area contributed by atoms with E-state index in [4.69, 9.17) is 4.42 Å². The van der Waals surface area contributed by atoms with Gasteiger partial charge in [-0.1, -0.05) is 167 Å². The molecule has 0 spiro atoms. The smallest absolute Gasteiger partial charge is 0.143 e. The topological polar surface area (TPSA) is 19.6 Å². The SMILES string of the molecule is CC(C)(C)c1ccc(Br)c(N(c2ccc(-c3cccc4c3oc3ccccc34)cc2)c2cc(C(C)(C)C)cc(N(c3ccc4c(c3)C(C)(C)c3ccccc3-4)c3cc(C(C)(C)C)ccc3Br)c2Br)c1. The molecule has 348 valence electrons. The van der Waals surface area contributed by atoms with Gasteiger partial charge < -0.3 is 14.2 Å². The minimum atomic E-state index is -0.215. The molecule has 3 nitrogen and oxygen atoms in total. The minimum absolute atomic E-state index is 0.0818. The predicted octanol–water partition coefficient (Wildman–Crippen LogP) is 20.7. The molecule has 0 aliphatic heterocycles. The molecule has 10 rings (SSSR count). The van der Waals surface area contributed by atoms with Crippen molar-refractivity contribution in [2.75, 3.05) is 9.80 Å². The number of nitrogens with zero attached hydrogens (tertiary/aromatic N) is 2. The van der Waals surface area contributed by atoms with Crippen molar-refractivity contribution in [1.29, 1.82) is 0 Å². The summed E-state index contributed by atoms with van der Waals surface area (Å²) in [7, 11) is 0. The lowest BCUT2D eigenvalue weighted by atomic mass is 9.82. The molecule has 1 aliphatic carbocycles. The summed E-state index contributed by atoms with van der Waals surface area (Å²) in [6.45, 7) is 25.4. The highest BCUT2D eigenvalue weighted by Crippen LogP contribution is 2.55. The molecule has 0 atom stereocenters. The van der Waals surface area contributed by atoms with Crippen LogP contribution >= 0.6 is 47.8 Å². The zero-order valence-electron chi connectivity index (χ0n) is 41.4. The van der Waals surface area contributed by atoms with Crippen molar-refractivity contribution in [1.82, 2.24) is 0 Å². The van der Waals surface area contributed by atoms with Crippen LogP contribution in [0.4, 0.5) is 34.1 Å². The third-order valence-electron chi connectivity index (χ3n) is 14.2. The number of halogens is 3. The van der Waals surface area contributed by atoms with Gasteiger partial charge in [-0.15, -0.1) is 0 Å². The summed E-state index contributed by atoms with van der Waals surface area (Å²) >= 11 is 12.6. The van der Waals surface area contributed by atoms with Crippen molar-refractivity contribution in [2.24, 2.45) is 0 Å². The van der Waals surface area contributed by atoms with E-state index in [9.17, 15) is 0 Å². The quantitative estimate of drug-likeness (QED) is 0.159. The van der Waals surface area contributed by atoms with E-state index in [1.807, 2.05) is 12.1 Å². The maximum atomic E-state index is 6.54. The lowest BCUT2D eigenvalue weighted by Crippen LogP contribution is -2.21. The number of furan rings is 1. The summed E-state index contributed by atoms with van der Waals surface area (Å²) < 4.78 is 9.52. The average Bonchev–Trinajstić information content (AvgIpc) is 3.79. The van der Waals surface area contributed by atoms with Crippen LogP contribution < -0.4 is 9.80 Å². The van der Waals surface area contributed by atoms with Crippen molar-refractivity contribution in [3.63, 3.8) is 0 Å². The van der Waals surface area contributed by atoms with E-state index in [-0.39, 0.29) is 21.7 Å². The van der Waals surface area contributed by atoms with Crippen LogP contribution in [-0.4, -0.2) is 0 Å². The first kappa shape index (κ1) is 47.3. The lowest BCUT2D eigenvalue weighted by molar-refractivity contribution is 0.590. The molecule has 6 heteroatoms. The molecule has 0 radical (unpaired) electrons. The Morgan fingerprint density at radius 1 is 0.420 bits per heavy atom. The zero-order valence-corrected chi connectivity index (χ0v) is 46.2. The molecule has 1 aromatic heterocycles. The number of benzene rings is 8. The van der Waals surface area contributed by atoms with Crippen LogP contribution in [0, 0.1) is 0 Å². The van der Waals surface area contributed by atoms with Gasteiger partial charge in [0.1, 0.15) is 11.2 Å². The Kier molecular flexibility index (Phi) is 11.8. The zero-order chi connectivity index (χ0) is 48.9. The first-order chi connectivity index (χ1) is 32.6. The standard InChI is InChI=1S/C63H59Br3N2O/c1-60(2,3)39-25-31-51(64)53(33-39)67(42-27-23-38(24-28-42)44-19-16-20-48-47-18-13-15-22-57(47)69-59(44)48)55-35-41(62(7,8)9)36-56(58(55)66)68(54-34-40(61(4,5)6)26-32-52(54)65)43-29-30-46-45-17-12-14-21-49(45)63(10,11)50(46)37-43/h12-37H,1-11H3. The fourth-order valence-electron chi connectivity index (χ4n) is 10.1. The molecule has 0 saturated heterocycles. The summed E-state index contributed by atoms with van der Waals surface area (Å²) in [5.74, 6) is 0. The number of para-hydroxylation sites is 2. The Labute approximate surface area is 434 Å². The summed E-state index contributed by atoms with van der Waals surface area (Å²) in [4.78, 5) is 4.90. The summed E-state index contributed by atoms with van der Waals surface area (Å²) in [5.41, 5.74) is 18.7. The summed E-state index contributed by atoms with van der Waals surface area (Å²) in [5, 5.41) is 2.24. The highest BCUT2D eigenvalue weighted by Gasteiger charge is 2.37. The number of anilines is 6. The minimum Gasteiger partial charge on any atom is -0.455 e. The van der Waals surface area contributed by atoms with Gasteiger partial charge in [0.25, 0.3) is 0 Å². The van der Waals surface area contributed by atoms with Gasteiger partial charge in [-0.25, -0.2) is 0 Å². The largest absolute Gasteiger partial charge is 0.455 e. The first-order valence-corrected chi connectivity index (χ1v) is 26.3. The maximum Gasteiger partial charge on any atom is 0.143 e. The molecule has 8 aromatic carbocycles. The first-order valence-electron chi connectivity index (χ1n) is 23.9. The monoisotopic (exact) mass is 1100 g/mol. The highest BCUT2D eigenvalue weighted by molar-refractivity contribution is 9.11. The van der Waals surface area contributed by atoms with E-state index in [1.54, 1.807) is 0 Å². The average molecular weight is 1100 g/mol. The van der Waals surface area contributed by atoms with E-state index < -0.39 is 0 Å². The van der Waals surface area contributed by atoms with Gasteiger partial charge in [0, 0.05) is 42.1 Å². The van der Waals surface area contributed by atoms with E-state index in [1.165, 1.54) is 38.9 Å². The second-order valence-electron chi connectivity index (χ2n) is 22.3. The summed E-state index contributed by atoms with van der Waals surface area (Å²) in [6.07, 6.45) is 0. The number of hydrogen-bond acceptors (Lipinski definition) is 3. The number of fused-ring (bicyclic) bond motifs is 6. The molecule has 0 unspecified atom stereocenters. The Hall–Kier alpha value is -5.40. The van der Waals surface area contributed by atoms with Crippen molar-refractivity contribution in [2.45, 2.75) is 97.8 Å². The van der Waals surface area contributed by atoms with E-state index in [0.29, 0.717) is 0 Å². The Morgan fingerprint density at radius 3 is 1.52 bits per heavy atom. The molecule has 0 N–H and O–H groups in total. The molecular weight excluding hydrogens is 1040 g/mol. The van der Waals surface area contributed by atoms with E-state index >= 15 is 0 Å². The van der Waals surface area contributed by atoms with Crippen LogP contribution in [0.2, 0.25) is 0 Å². The normalized spacial score (nSPS) is 13.5. The Bertz CT molecular complexity index is 3470. The van der Waals surface area contributed by atoms with Crippen LogP contribution in [0.15, 0.2) is 176 Å². The predicted molar refractivity (Wildman–Crippen MR) is 305 cm³/mol. The molecular formula is C63H59Br3N2O. The highest BCUT2D eigenvalue weighted by atomic mass is 79.9. The molecule has 0 amide bonds. The third kappa shape index (κ3) is 8.38. The van der Waals surface area contributed by atoms with Crippen molar-refractivity contribution in [3.8, 4) is 22.3 Å². The lowest BCUT2D eigenvalue weighted by Gasteiger charge is -2.35. The Morgan fingerprint density at radius 2 is 0.913 bits per heavy atom. The van der Waals surface area contributed by atoms with Crippen LogP contribution in [0.5, 0.6) is 0 Å². The Balaban J connectivity index is 1.23. The van der Waals surface area contributed by atoms with Gasteiger partial charge >= 0.3 is 0 Å². The number of hydrogen-bond donors (Lipinski definition) is 0. The molecule has 1 aliphatic rings. The van der Waals surface area contributed by atoms with Gasteiger partial charge in [-0.2, -0.15) is 0 Å². The van der Waals surface area contributed by atoms with Gasteiger partial charge in [0.15, 0.2) is 0 Å². The number of rotatable bonds is 7. The van der Waals surface area contributed by atoms with Crippen molar-refractivity contribution in [3.05, 3.63) is 199 Å². The fourth-order valence-corrected chi connectivity index (χ4v) is 11.5. The van der Waals surface area contributed by atoms with Crippen LogP contribution in [0.3, 0.4) is 0 Å².